The minimum atomic E-state index is -0.274. The quantitative estimate of drug-likeness (QED) is 0.528. The number of hydrogen-bond donors (Lipinski definition) is 3. The highest BCUT2D eigenvalue weighted by atomic mass is 35.5. The fourth-order valence-corrected chi connectivity index (χ4v) is 5.00. The minimum absolute atomic E-state index is 0.249. The third-order valence-electron chi connectivity index (χ3n) is 6.07. The van der Waals surface area contributed by atoms with Gasteiger partial charge in [-0.2, -0.15) is 0 Å². The van der Waals surface area contributed by atoms with Crippen molar-refractivity contribution in [2.45, 2.75) is 44.1 Å². The van der Waals surface area contributed by atoms with E-state index in [0.29, 0.717) is 23.6 Å². The fourth-order valence-electron chi connectivity index (χ4n) is 4.75. The van der Waals surface area contributed by atoms with Gasteiger partial charge in [0.15, 0.2) is 5.76 Å². The lowest BCUT2D eigenvalue weighted by Gasteiger charge is -2.44. The van der Waals surface area contributed by atoms with Crippen molar-refractivity contribution in [3.05, 3.63) is 65.0 Å². The fraction of sp³-hybridized carbons (Fsp3) is 0.348. The molecule has 2 aromatic heterocycles. The maximum Gasteiger partial charge on any atom is 0.287 e. The molecule has 0 radical (unpaired) electrons. The summed E-state index contributed by atoms with van der Waals surface area (Å²) in [5, 5.41) is 11.2. The van der Waals surface area contributed by atoms with E-state index in [9.17, 15) is 4.79 Å². The molecule has 3 heterocycles. The van der Waals surface area contributed by atoms with Crippen LogP contribution in [0.15, 0.2) is 51.8 Å². The molecule has 0 bridgehead atoms. The van der Waals surface area contributed by atoms with Crippen molar-refractivity contribution in [3.8, 4) is 0 Å². The highest BCUT2D eigenvalue weighted by Gasteiger charge is 2.42. The van der Waals surface area contributed by atoms with Gasteiger partial charge in [0.05, 0.1) is 28.3 Å². The van der Waals surface area contributed by atoms with Gasteiger partial charge in [0, 0.05) is 23.9 Å². The van der Waals surface area contributed by atoms with Gasteiger partial charge in [-0.3, -0.25) is 4.79 Å². The molecule has 30 heavy (non-hydrogen) atoms. The molecule has 3 N–H and O–H groups in total. The Morgan fingerprint density at radius 2 is 2.10 bits per heavy atom. The molecule has 6 nitrogen and oxygen atoms in total. The Bertz CT molecular complexity index is 1110. The lowest BCUT2D eigenvalue weighted by Crippen LogP contribution is -2.48. The van der Waals surface area contributed by atoms with Crippen molar-refractivity contribution in [2.24, 2.45) is 0 Å². The summed E-state index contributed by atoms with van der Waals surface area (Å²) in [6.45, 7) is 4.56. The SMILES string of the molecule is C=C1Nc2c(Cl)cc3cc(C(=O)NCCc4ccco4)oc3c2C2(CCCCC2)N1. The number of nitrogens with one attached hydrogen (secondary N) is 3. The van der Waals surface area contributed by atoms with Crippen molar-refractivity contribution in [3.63, 3.8) is 0 Å². The number of halogens is 1. The number of hydrogen-bond acceptors (Lipinski definition) is 5. The number of benzene rings is 1. The highest BCUT2D eigenvalue weighted by molar-refractivity contribution is 6.34. The van der Waals surface area contributed by atoms with Gasteiger partial charge in [-0.15, -0.1) is 0 Å². The minimum Gasteiger partial charge on any atom is -0.469 e. The van der Waals surface area contributed by atoms with E-state index in [1.165, 1.54) is 6.42 Å². The summed E-state index contributed by atoms with van der Waals surface area (Å²) in [6.07, 6.45) is 7.65. The summed E-state index contributed by atoms with van der Waals surface area (Å²) >= 11 is 6.63. The Hall–Kier alpha value is -2.86. The van der Waals surface area contributed by atoms with E-state index in [0.717, 1.165) is 53.9 Å². The Morgan fingerprint density at radius 3 is 2.87 bits per heavy atom. The number of carbonyl (C=O) groups excluding carboxylic acids is 1. The predicted octanol–water partition coefficient (Wildman–Crippen LogP) is 5.30. The third kappa shape index (κ3) is 3.25. The Kier molecular flexibility index (Phi) is 4.74. The Morgan fingerprint density at radius 1 is 1.27 bits per heavy atom. The van der Waals surface area contributed by atoms with Gasteiger partial charge >= 0.3 is 0 Å². The first-order chi connectivity index (χ1) is 14.6. The molecule has 0 atom stereocenters. The van der Waals surface area contributed by atoms with Crippen LogP contribution in [0.2, 0.25) is 5.02 Å². The summed E-state index contributed by atoms with van der Waals surface area (Å²) in [6, 6.07) is 7.34. The van der Waals surface area contributed by atoms with E-state index in [1.54, 1.807) is 12.3 Å². The Balaban J connectivity index is 1.49. The van der Waals surface area contributed by atoms with Crippen molar-refractivity contribution < 1.29 is 13.6 Å². The van der Waals surface area contributed by atoms with E-state index in [1.807, 2.05) is 18.2 Å². The first-order valence-electron chi connectivity index (χ1n) is 10.4. The first kappa shape index (κ1) is 19.1. The van der Waals surface area contributed by atoms with Gasteiger partial charge in [-0.1, -0.05) is 37.4 Å². The largest absolute Gasteiger partial charge is 0.469 e. The summed E-state index contributed by atoms with van der Waals surface area (Å²) in [7, 11) is 0. The summed E-state index contributed by atoms with van der Waals surface area (Å²) in [5.74, 6) is 1.61. The second-order valence-electron chi connectivity index (χ2n) is 8.09. The zero-order chi connectivity index (χ0) is 20.7. The van der Waals surface area contributed by atoms with Crippen LogP contribution in [-0.4, -0.2) is 12.5 Å². The van der Waals surface area contributed by atoms with Crippen molar-refractivity contribution in [1.82, 2.24) is 10.6 Å². The third-order valence-corrected chi connectivity index (χ3v) is 6.37. The van der Waals surface area contributed by atoms with Gasteiger partial charge in [0.25, 0.3) is 5.91 Å². The molecule has 1 aliphatic heterocycles. The van der Waals surface area contributed by atoms with Crippen LogP contribution in [0.25, 0.3) is 11.0 Å². The van der Waals surface area contributed by atoms with Crippen molar-refractivity contribution in [1.29, 1.82) is 0 Å². The van der Waals surface area contributed by atoms with E-state index >= 15 is 0 Å². The molecule has 1 aliphatic carbocycles. The zero-order valence-corrected chi connectivity index (χ0v) is 17.4. The van der Waals surface area contributed by atoms with Crippen LogP contribution >= 0.6 is 11.6 Å². The molecule has 3 aromatic rings. The molecule has 0 saturated heterocycles. The average Bonchev–Trinajstić information content (AvgIpc) is 3.38. The number of amides is 1. The molecular weight excluding hydrogens is 402 g/mol. The molecule has 0 unspecified atom stereocenters. The number of rotatable bonds is 4. The zero-order valence-electron chi connectivity index (χ0n) is 16.6. The van der Waals surface area contributed by atoms with E-state index < -0.39 is 0 Å². The molecule has 1 fully saturated rings. The van der Waals surface area contributed by atoms with Crippen LogP contribution in [0, 0.1) is 0 Å². The first-order valence-corrected chi connectivity index (χ1v) is 10.7. The molecule has 1 amide bonds. The molecule has 156 valence electrons. The summed E-state index contributed by atoms with van der Waals surface area (Å²) < 4.78 is 11.4. The highest BCUT2D eigenvalue weighted by Crippen LogP contribution is 2.49. The molecular formula is C23H24ClN3O3. The maximum atomic E-state index is 12.7. The second kappa shape index (κ2) is 7.43. The van der Waals surface area contributed by atoms with E-state index in [-0.39, 0.29) is 17.2 Å². The topological polar surface area (TPSA) is 79.4 Å². The van der Waals surface area contributed by atoms with Gasteiger partial charge in [0.2, 0.25) is 0 Å². The number of carbonyl (C=O) groups is 1. The molecule has 5 rings (SSSR count). The predicted molar refractivity (Wildman–Crippen MR) is 117 cm³/mol. The smallest absolute Gasteiger partial charge is 0.287 e. The summed E-state index contributed by atoms with van der Waals surface area (Å²) in [4.78, 5) is 12.7. The van der Waals surface area contributed by atoms with Crippen molar-refractivity contribution in [2.75, 3.05) is 11.9 Å². The van der Waals surface area contributed by atoms with Gasteiger partial charge in [0.1, 0.15) is 11.3 Å². The van der Waals surface area contributed by atoms with Gasteiger partial charge < -0.3 is 24.8 Å². The molecule has 1 spiro atoms. The van der Waals surface area contributed by atoms with Gasteiger partial charge in [-0.05, 0) is 37.1 Å². The van der Waals surface area contributed by atoms with Crippen LogP contribution < -0.4 is 16.0 Å². The number of fused-ring (bicyclic) bond motifs is 4. The van der Waals surface area contributed by atoms with Crippen LogP contribution in [-0.2, 0) is 12.0 Å². The monoisotopic (exact) mass is 425 g/mol. The lowest BCUT2D eigenvalue weighted by molar-refractivity contribution is 0.0928. The van der Waals surface area contributed by atoms with Crippen LogP contribution in [0.1, 0.15) is 54.0 Å². The average molecular weight is 426 g/mol. The molecule has 1 saturated carbocycles. The second-order valence-corrected chi connectivity index (χ2v) is 8.50. The Labute approximate surface area is 179 Å². The van der Waals surface area contributed by atoms with Crippen LogP contribution in [0.3, 0.4) is 0 Å². The van der Waals surface area contributed by atoms with Crippen molar-refractivity contribution >= 4 is 34.2 Å². The maximum absolute atomic E-state index is 12.7. The molecule has 2 aliphatic rings. The number of anilines is 1. The normalized spacial score (nSPS) is 17.4. The molecule has 7 heteroatoms. The van der Waals surface area contributed by atoms with Crippen LogP contribution in [0.5, 0.6) is 0 Å². The standard InChI is InChI=1S/C23H24ClN3O3/c1-14-26-20-17(24)12-15-13-18(22(28)25-10-7-16-6-5-11-29-16)30-21(15)19(20)23(27-14)8-3-2-4-9-23/h5-6,11-13,26-27H,1-4,7-10H2,(H,25,28). The molecule has 1 aromatic carbocycles. The number of furan rings is 2. The summed E-state index contributed by atoms with van der Waals surface area (Å²) in [5.41, 5.74) is 2.27. The van der Waals surface area contributed by atoms with E-state index in [4.69, 9.17) is 20.4 Å². The van der Waals surface area contributed by atoms with Crippen LogP contribution in [0.4, 0.5) is 5.69 Å². The lowest BCUT2D eigenvalue weighted by atomic mass is 9.74. The van der Waals surface area contributed by atoms with Gasteiger partial charge in [-0.25, -0.2) is 0 Å². The van der Waals surface area contributed by atoms with E-state index in [2.05, 4.69) is 22.5 Å².